The van der Waals surface area contributed by atoms with E-state index < -0.39 is 5.97 Å². The van der Waals surface area contributed by atoms with Crippen LogP contribution in [0.3, 0.4) is 0 Å². The molecule has 0 amide bonds. The van der Waals surface area contributed by atoms with Crippen molar-refractivity contribution in [1.29, 1.82) is 0 Å². The van der Waals surface area contributed by atoms with Gasteiger partial charge in [0.05, 0.1) is 0 Å². The molecule has 94 valence electrons. The molecular formula is C13H19NO3. The SMILES string of the molecule is CCCCCNc1cccc(OCC(=O)O)c1. The summed E-state index contributed by atoms with van der Waals surface area (Å²) in [4.78, 5) is 10.4. The summed E-state index contributed by atoms with van der Waals surface area (Å²) < 4.78 is 5.10. The summed E-state index contributed by atoms with van der Waals surface area (Å²) in [6.45, 7) is 2.79. The van der Waals surface area contributed by atoms with E-state index in [0.717, 1.165) is 18.7 Å². The quantitative estimate of drug-likeness (QED) is 0.682. The van der Waals surface area contributed by atoms with Gasteiger partial charge in [-0.25, -0.2) is 4.79 Å². The molecular weight excluding hydrogens is 218 g/mol. The molecule has 0 radical (unpaired) electrons. The molecule has 0 atom stereocenters. The molecule has 0 bridgehead atoms. The van der Waals surface area contributed by atoms with Crippen molar-refractivity contribution in [2.24, 2.45) is 0 Å². The molecule has 0 heterocycles. The van der Waals surface area contributed by atoms with E-state index in [1.54, 1.807) is 6.07 Å². The molecule has 0 unspecified atom stereocenters. The van der Waals surface area contributed by atoms with Gasteiger partial charge in [0.25, 0.3) is 0 Å². The summed E-state index contributed by atoms with van der Waals surface area (Å²) in [7, 11) is 0. The second-order valence-electron chi connectivity index (χ2n) is 3.84. The largest absolute Gasteiger partial charge is 0.482 e. The standard InChI is InChI=1S/C13H19NO3/c1-2-3-4-8-14-11-6-5-7-12(9-11)17-10-13(15)16/h5-7,9,14H,2-4,8,10H2,1H3,(H,15,16). The monoisotopic (exact) mass is 237 g/mol. The number of carboxylic acid groups (broad SMARTS) is 1. The summed E-state index contributed by atoms with van der Waals surface area (Å²) in [5.41, 5.74) is 0.962. The maximum absolute atomic E-state index is 10.4. The Balaban J connectivity index is 2.39. The summed E-state index contributed by atoms with van der Waals surface area (Å²) in [6.07, 6.45) is 3.54. The first-order chi connectivity index (χ1) is 8.22. The van der Waals surface area contributed by atoms with Crippen LogP contribution in [0.4, 0.5) is 5.69 Å². The van der Waals surface area contributed by atoms with E-state index in [4.69, 9.17) is 9.84 Å². The highest BCUT2D eigenvalue weighted by atomic mass is 16.5. The molecule has 0 saturated carbocycles. The molecule has 0 aliphatic rings. The van der Waals surface area contributed by atoms with E-state index in [0.29, 0.717) is 5.75 Å². The highest BCUT2D eigenvalue weighted by Crippen LogP contribution is 2.17. The molecule has 0 aliphatic carbocycles. The third-order valence-electron chi connectivity index (χ3n) is 2.31. The Bertz CT molecular complexity index is 352. The Labute approximate surface area is 102 Å². The van der Waals surface area contributed by atoms with E-state index in [9.17, 15) is 4.79 Å². The van der Waals surface area contributed by atoms with Crippen LogP contribution in [0.1, 0.15) is 26.2 Å². The summed E-state index contributed by atoms with van der Waals surface area (Å²) >= 11 is 0. The molecule has 0 fully saturated rings. The highest BCUT2D eigenvalue weighted by molar-refractivity contribution is 5.68. The van der Waals surface area contributed by atoms with Gasteiger partial charge >= 0.3 is 5.97 Å². The molecule has 1 rings (SSSR count). The van der Waals surface area contributed by atoms with Crippen LogP contribution in [-0.2, 0) is 4.79 Å². The predicted molar refractivity (Wildman–Crippen MR) is 67.6 cm³/mol. The van der Waals surface area contributed by atoms with Gasteiger partial charge in [-0.15, -0.1) is 0 Å². The van der Waals surface area contributed by atoms with Gasteiger partial charge in [-0.1, -0.05) is 25.8 Å². The number of ether oxygens (including phenoxy) is 1. The Morgan fingerprint density at radius 2 is 2.24 bits per heavy atom. The third kappa shape index (κ3) is 5.80. The molecule has 17 heavy (non-hydrogen) atoms. The van der Waals surface area contributed by atoms with Crippen molar-refractivity contribution in [2.45, 2.75) is 26.2 Å². The molecule has 0 spiro atoms. The van der Waals surface area contributed by atoms with E-state index in [2.05, 4.69) is 12.2 Å². The van der Waals surface area contributed by atoms with Gasteiger partial charge in [0.1, 0.15) is 5.75 Å². The number of aliphatic carboxylic acids is 1. The van der Waals surface area contributed by atoms with E-state index in [1.807, 2.05) is 18.2 Å². The first-order valence-corrected chi connectivity index (χ1v) is 5.91. The van der Waals surface area contributed by atoms with Gasteiger partial charge in [-0.05, 0) is 18.6 Å². The highest BCUT2D eigenvalue weighted by Gasteiger charge is 2.00. The van der Waals surface area contributed by atoms with Gasteiger partial charge in [0, 0.05) is 18.3 Å². The maximum atomic E-state index is 10.4. The van der Waals surface area contributed by atoms with Crippen LogP contribution in [0.25, 0.3) is 0 Å². The maximum Gasteiger partial charge on any atom is 0.341 e. The molecule has 0 aromatic heterocycles. The smallest absolute Gasteiger partial charge is 0.341 e. The molecule has 1 aromatic carbocycles. The normalized spacial score (nSPS) is 9.94. The Kier molecular flexibility index (Phi) is 5.93. The van der Waals surface area contributed by atoms with E-state index >= 15 is 0 Å². The van der Waals surface area contributed by atoms with Gasteiger partial charge in [0.2, 0.25) is 0 Å². The number of hydrogen-bond acceptors (Lipinski definition) is 3. The van der Waals surface area contributed by atoms with Gasteiger partial charge in [0.15, 0.2) is 6.61 Å². The lowest BCUT2D eigenvalue weighted by Gasteiger charge is -2.08. The van der Waals surface area contributed by atoms with E-state index in [-0.39, 0.29) is 6.61 Å². The second kappa shape index (κ2) is 7.54. The average molecular weight is 237 g/mol. The predicted octanol–water partition coefficient (Wildman–Crippen LogP) is 2.75. The molecule has 2 N–H and O–H groups in total. The van der Waals surface area contributed by atoms with Crippen molar-refractivity contribution < 1.29 is 14.6 Å². The number of carboxylic acids is 1. The van der Waals surface area contributed by atoms with Crippen molar-refractivity contribution in [3.8, 4) is 5.75 Å². The molecule has 0 aliphatic heterocycles. The minimum absolute atomic E-state index is 0.306. The van der Waals surface area contributed by atoms with Gasteiger partial charge in [-0.2, -0.15) is 0 Å². The van der Waals surface area contributed by atoms with Crippen molar-refractivity contribution in [3.05, 3.63) is 24.3 Å². The minimum atomic E-state index is -0.966. The zero-order valence-corrected chi connectivity index (χ0v) is 10.1. The summed E-state index contributed by atoms with van der Waals surface area (Å²) in [5, 5.41) is 11.8. The fourth-order valence-electron chi connectivity index (χ4n) is 1.45. The molecule has 0 saturated heterocycles. The number of nitrogens with one attached hydrogen (secondary N) is 1. The number of rotatable bonds is 8. The number of unbranched alkanes of at least 4 members (excludes halogenated alkanes) is 2. The number of benzene rings is 1. The lowest BCUT2D eigenvalue weighted by atomic mass is 10.2. The van der Waals surface area contributed by atoms with Crippen LogP contribution in [-0.4, -0.2) is 24.2 Å². The van der Waals surface area contributed by atoms with Crippen LogP contribution < -0.4 is 10.1 Å². The van der Waals surface area contributed by atoms with Gasteiger partial charge < -0.3 is 15.2 Å². The zero-order valence-electron chi connectivity index (χ0n) is 10.1. The fourth-order valence-corrected chi connectivity index (χ4v) is 1.45. The third-order valence-corrected chi connectivity index (χ3v) is 2.31. The molecule has 1 aromatic rings. The topological polar surface area (TPSA) is 58.6 Å². The van der Waals surface area contributed by atoms with Crippen LogP contribution >= 0.6 is 0 Å². The number of hydrogen-bond donors (Lipinski definition) is 2. The second-order valence-corrected chi connectivity index (χ2v) is 3.84. The van der Waals surface area contributed by atoms with Crippen molar-refractivity contribution >= 4 is 11.7 Å². The molecule has 4 nitrogen and oxygen atoms in total. The average Bonchev–Trinajstić information content (AvgIpc) is 2.33. The number of carbonyl (C=O) groups is 1. The first kappa shape index (κ1) is 13.4. The van der Waals surface area contributed by atoms with Crippen molar-refractivity contribution in [3.63, 3.8) is 0 Å². The van der Waals surface area contributed by atoms with Crippen LogP contribution in [0.2, 0.25) is 0 Å². The minimum Gasteiger partial charge on any atom is -0.482 e. The van der Waals surface area contributed by atoms with Crippen LogP contribution in [0.15, 0.2) is 24.3 Å². The van der Waals surface area contributed by atoms with Crippen molar-refractivity contribution in [1.82, 2.24) is 0 Å². The Morgan fingerprint density at radius 3 is 2.94 bits per heavy atom. The summed E-state index contributed by atoms with van der Waals surface area (Å²) in [5.74, 6) is -0.390. The Hall–Kier alpha value is -1.71. The van der Waals surface area contributed by atoms with Crippen molar-refractivity contribution in [2.75, 3.05) is 18.5 Å². The van der Waals surface area contributed by atoms with Crippen LogP contribution in [0, 0.1) is 0 Å². The number of anilines is 1. The Morgan fingerprint density at radius 1 is 1.41 bits per heavy atom. The molecule has 4 heteroatoms. The fraction of sp³-hybridized carbons (Fsp3) is 0.462. The lowest BCUT2D eigenvalue weighted by molar-refractivity contribution is -0.139. The summed E-state index contributed by atoms with van der Waals surface area (Å²) in [6, 6.07) is 7.36. The first-order valence-electron chi connectivity index (χ1n) is 5.91. The zero-order chi connectivity index (χ0) is 12.5. The lowest BCUT2D eigenvalue weighted by Crippen LogP contribution is -2.09. The van der Waals surface area contributed by atoms with Gasteiger partial charge in [-0.3, -0.25) is 0 Å². The van der Waals surface area contributed by atoms with E-state index in [1.165, 1.54) is 12.8 Å². The van der Waals surface area contributed by atoms with Crippen LogP contribution in [0.5, 0.6) is 5.75 Å².